The minimum absolute atomic E-state index is 0.271. The van der Waals surface area contributed by atoms with Gasteiger partial charge in [-0.3, -0.25) is 0 Å². The summed E-state index contributed by atoms with van der Waals surface area (Å²) in [6.45, 7) is 2.19. The smallest absolute Gasteiger partial charge is 0.357 e. The van der Waals surface area contributed by atoms with E-state index in [0.717, 1.165) is 24.8 Å². The summed E-state index contributed by atoms with van der Waals surface area (Å²) in [4.78, 5) is 16.8. The third-order valence-electron chi connectivity index (χ3n) is 6.09. The molecule has 0 amide bonds. The number of benzene rings is 3. The second-order valence-corrected chi connectivity index (χ2v) is 7.69. The Labute approximate surface area is 170 Å². The molecule has 0 saturated carbocycles. The van der Waals surface area contributed by atoms with Crippen molar-refractivity contribution in [2.75, 3.05) is 6.61 Å². The van der Waals surface area contributed by atoms with Crippen molar-refractivity contribution in [2.45, 2.75) is 32.1 Å². The van der Waals surface area contributed by atoms with E-state index in [1.807, 2.05) is 19.1 Å². The van der Waals surface area contributed by atoms with Crippen LogP contribution in [-0.4, -0.2) is 17.6 Å². The Morgan fingerprint density at radius 1 is 1.00 bits per heavy atom. The van der Waals surface area contributed by atoms with Crippen LogP contribution in [0.5, 0.6) is 0 Å². The lowest BCUT2D eigenvalue weighted by atomic mass is 9.77. The van der Waals surface area contributed by atoms with E-state index < -0.39 is 0 Å². The van der Waals surface area contributed by atoms with Crippen LogP contribution in [0.25, 0.3) is 21.5 Å². The number of hydrogen-bond acceptors (Lipinski definition) is 3. The second-order valence-electron chi connectivity index (χ2n) is 7.69. The Bertz CT molecular complexity index is 1230. The number of esters is 1. The maximum Gasteiger partial charge on any atom is 0.357 e. The molecule has 1 aliphatic rings. The lowest BCUT2D eigenvalue weighted by Gasteiger charge is -2.27. The standard InChI is InChI=1S/C26H23NO2/c1-2-29-26(28)25-21(8-5-15-27-25)19-10-9-18-12-13-22-20-7-4-3-6-17(20)11-14-23(22)24(18)16-19/h3-8,11-15,19H,2,9-10,16H2,1H3. The number of carbonyl (C=O) groups excluding carboxylic acids is 1. The van der Waals surface area contributed by atoms with E-state index in [-0.39, 0.29) is 11.9 Å². The molecule has 0 fully saturated rings. The van der Waals surface area contributed by atoms with Gasteiger partial charge in [-0.25, -0.2) is 9.78 Å². The molecule has 3 aromatic carbocycles. The molecule has 4 aromatic rings. The number of ether oxygens (including phenoxy) is 1. The number of nitrogens with zero attached hydrogens (tertiary/aromatic N) is 1. The zero-order valence-corrected chi connectivity index (χ0v) is 16.5. The molecule has 1 atom stereocenters. The van der Waals surface area contributed by atoms with Crippen LogP contribution in [0.4, 0.5) is 0 Å². The molecular formula is C26H23NO2. The van der Waals surface area contributed by atoms with E-state index in [1.165, 1.54) is 32.7 Å². The van der Waals surface area contributed by atoms with Gasteiger partial charge in [0.2, 0.25) is 0 Å². The van der Waals surface area contributed by atoms with E-state index >= 15 is 0 Å². The summed E-state index contributed by atoms with van der Waals surface area (Å²) >= 11 is 0. The molecule has 1 heterocycles. The predicted octanol–water partition coefficient (Wildman–Crippen LogP) is 5.84. The minimum Gasteiger partial charge on any atom is -0.461 e. The Kier molecular flexibility index (Phi) is 4.51. The van der Waals surface area contributed by atoms with E-state index in [1.54, 1.807) is 6.20 Å². The van der Waals surface area contributed by atoms with E-state index in [0.29, 0.717) is 12.3 Å². The summed E-state index contributed by atoms with van der Waals surface area (Å²) in [6.07, 6.45) is 4.63. The van der Waals surface area contributed by atoms with Gasteiger partial charge in [-0.2, -0.15) is 0 Å². The highest BCUT2D eigenvalue weighted by Gasteiger charge is 2.26. The number of fused-ring (bicyclic) bond motifs is 5. The first kappa shape index (κ1) is 17.9. The molecular weight excluding hydrogens is 358 g/mol. The molecule has 0 aliphatic heterocycles. The summed E-state index contributed by atoms with van der Waals surface area (Å²) in [5, 5.41) is 5.19. The van der Waals surface area contributed by atoms with Gasteiger partial charge in [-0.05, 0) is 76.4 Å². The van der Waals surface area contributed by atoms with Crippen LogP contribution in [0.3, 0.4) is 0 Å². The Morgan fingerprint density at radius 2 is 1.86 bits per heavy atom. The quantitative estimate of drug-likeness (QED) is 0.331. The van der Waals surface area contributed by atoms with Gasteiger partial charge in [-0.1, -0.05) is 54.6 Å². The maximum atomic E-state index is 12.4. The molecule has 3 heteroatoms. The lowest BCUT2D eigenvalue weighted by molar-refractivity contribution is 0.0517. The van der Waals surface area contributed by atoms with Crippen molar-refractivity contribution in [3.63, 3.8) is 0 Å². The van der Waals surface area contributed by atoms with Crippen molar-refractivity contribution in [3.8, 4) is 0 Å². The molecule has 1 aliphatic carbocycles. The van der Waals surface area contributed by atoms with Crippen molar-refractivity contribution < 1.29 is 9.53 Å². The highest BCUT2D eigenvalue weighted by Crippen LogP contribution is 2.39. The Balaban J connectivity index is 1.60. The van der Waals surface area contributed by atoms with Crippen LogP contribution in [0.15, 0.2) is 66.9 Å². The predicted molar refractivity (Wildman–Crippen MR) is 116 cm³/mol. The van der Waals surface area contributed by atoms with Crippen molar-refractivity contribution >= 4 is 27.5 Å². The van der Waals surface area contributed by atoms with Gasteiger partial charge < -0.3 is 4.74 Å². The van der Waals surface area contributed by atoms with E-state index in [9.17, 15) is 4.79 Å². The fraction of sp³-hybridized carbons (Fsp3) is 0.231. The molecule has 29 heavy (non-hydrogen) atoms. The van der Waals surface area contributed by atoms with Crippen molar-refractivity contribution in [1.82, 2.24) is 4.98 Å². The van der Waals surface area contributed by atoms with Crippen LogP contribution in [0.1, 0.15) is 46.4 Å². The molecule has 5 rings (SSSR count). The highest BCUT2D eigenvalue weighted by atomic mass is 16.5. The molecule has 3 nitrogen and oxygen atoms in total. The molecule has 1 aromatic heterocycles. The third kappa shape index (κ3) is 3.07. The minimum atomic E-state index is -0.321. The van der Waals surface area contributed by atoms with Crippen LogP contribution in [0, 0.1) is 0 Å². The average Bonchev–Trinajstić information content (AvgIpc) is 2.78. The van der Waals surface area contributed by atoms with Crippen LogP contribution < -0.4 is 0 Å². The topological polar surface area (TPSA) is 39.2 Å². The van der Waals surface area contributed by atoms with Crippen molar-refractivity contribution in [2.24, 2.45) is 0 Å². The van der Waals surface area contributed by atoms with Crippen LogP contribution in [-0.2, 0) is 17.6 Å². The fourth-order valence-corrected chi connectivity index (χ4v) is 4.73. The van der Waals surface area contributed by atoms with Gasteiger partial charge in [0, 0.05) is 6.20 Å². The second kappa shape index (κ2) is 7.32. The SMILES string of the molecule is CCOC(=O)c1ncccc1C1CCc2ccc3c(ccc4ccccc43)c2C1. The average molecular weight is 381 g/mol. The van der Waals surface area contributed by atoms with Crippen molar-refractivity contribution in [3.05, 3.63) is 89.2 Å². The van der Waals surface area contributed by atoms with Crippen molar-refractivity contribution in [1.29, 1.82) is 0 Å². The molecule has 0 N–H and O–H groups in total. The first-order chi connectivity index (χ1) is 14.3. The largest absolute Gasteiger partial charge is 0.461 e. The summed E-state index contributed by atoms with van der Waals surface area (Å²) < 4.78 is 5.25. The molecule has 0 spiro atoms. The number of pyridine rings is 1. The first-order valence-corrected chi connectivity index (χ1v) is 10.3. The fourth-order valence-electron chi connectivity index (χ4n) is 4.73. The van der Waals surface area contributed by atoms with Gasteiger partial charge >= 0.3 is 5.97 Å². The molecule has 0 bridgehead atoms. The third-order valence-corrected chi connectivity index (χ3v) is 6.09. The number of aryl methyl sites for hydroxylation is 1. The van der Waals surface area contributed by atoms with Gasteiger partial charge in [-0.15, -0.1) is 0 Å². The summed E-state index contributed by atoms with van der Waals surface area (Å²) in [7, 11) is 0. The van der Waals surface area contributed by atoms with E-state index in [4.69, 9.17) is 4.74 Å². The Hall–Kier alpha value is -3.20. The van der Waals surface area contributed by atoms with Gasteiger partial charge in [0.05, 0.1) is 6.61 Å². The van der Waals surface area contributed by atoms with E-state index in [2.05, 4.69) is 53.5 Å². The number of hydrogen-bond donors (Lipinski definition) is 0. The zero-order chi connectivity index (χ0) is 19.8. The molecule has 0 radical (unpaired) electrons. The van der Waals surface area contributed by atoms with Gasteiger partial charge in [0.1, 0.15) is 0 Å². The zero-order valence-electron chi connectivity index (χ0n) is 16.5. The summed E-state index contributed by atoms with van der Waals surface area (Å²) in [6, 6.07) is 21.5. The molecule has 144 valence electrons. The summed E-state index contributed by atoms with van der Waals surface area (Å²) in [5.74, 6) is -0.0505. The van der Waals surface area contributed by atoms with Gasteiger partial charge in [0.25, 0.3) is 0 Å². The lowest BCUT2D eigenvalue weighted by Crippen LogP contribution is -2.18. The molecule has 1 unspecified atom stereocenters. The highest BCUT2D eigenvalue weighted by molar-refractivity contribution is 6.08. The normalized spacial score (nSPS) is 16.0. The first-order valence-electron chi connectivity index (χ1n) is 10.3. The maximum absolute atomic E-state index is 12.4. The number of rotatable bonds is 3. The van der Waals surface area contributed by atoms with Crippen LogP contribution >= 0.6 is 0 Å². The van der Waals surface area contributed by atoms with Crippen LogP contribution in [0.2, 0.25) is 0 Å². The monoisotopic (exact) mass is 381 g/mol. The number of carbonyl (C=O) groups is 1. The summed E-state index contributed by atoms with van der Waals surface area (Å²) in [5.41, 5.74) is 4.30. The Morgan fingerprint density at radius 3 is 2.76 bits per heavy atom. The van der Waals surface area contributed by atoms with Gasteiger partial charge in [0.15, 0.2) is 5.69 Å². The number of aromatic nitrogens is 1. The molecule has 0 saturated heterocycles.